The Morgan fingerprint density at radius 3 is 2.71 bits per heavy atom. The molecule has 0 fully saturated rings. The molecule has 0 radical (unpaired) electrons. The maximum Gasteiger partial charge on any atom is 0.255 e. The van der Waals surface area contributed by atoms with Gasteiger partial charge in [-0.3, -0.25) is 4.79 Å². The van der Waals surface area contributed by atoms with E-state index in [0.29, 0.717) is 17.3 Å². The molecule has 5 heteroatoms. The third kappa shape index (κ3) is 2.90. The summed E-state index contributed by atoms with van der Waals surface area (Å²) in [5.74, 6) is -0.105. The molecular formula is C9H11ClN2O2. The first kappa shape index (κ1) is 10.8. The summed E-state index contributed by atoms with van der Waals surface area (Å²) in [7, 11) is 0. The van der Waals surface area contributed by atoms with E-state index in [9.17, 15) is 4.79 Å². The van der Waals surface area contributed by atoms with E-state index in [1.807, 2.05) is 0 Å². The maximum atomic E-state index is 10.4. The van der Waals surface area contributed by atoms with E-state index < -0.39 is 5.91 Å². The average Bonchev–Trinajstić information content (AvgIpc) is 2.15. The molecule has 0 atom stereocenters. The minimum absolute atomic E-state index is 0.179. The van der Waals surface area contributed by atoms with Crippen molar-refractivity contribution in [2.24, 2.45) is 11.5 Å². The summed E-state index contributed by atoms with van der Waals surface area (Å²) in [6.07, 6.45) is 0. The maximum absolute atomic E-state index is 10.4. The van der Waals surface area contributed by atoms with Crippen molar-refractivity contribution in [3.05, 3.63) is 28.8 Å². The van der Waals surface area contributed by atoms with Crippen molar-refractivity contribution in [3.8, 4) is 5.75 Å². The van der Waals surface area contributed by atoms with Crippen LogP contribution in [0.5, 0.6) is 5.75 Å². The molecule has 1 aromatic carbocycles. The highest BCUT2D eigenvalue weighted by atomic mass is 35.5. The summed E-state index contributed by atoms with van der Waals surface area (Å²) < 4.78 is 5.05. The lowest BCUT2D eigenvalue weighted by Gasteiger charge is -2.06. The topological polar surface area (TPSA) is 78.3 Å². The summed E-state index contributed by atoms with van der Waals surface area (Å²) in [5.41, 5.74) is 11.2. The Labute approximate surface area is 86.8 Å². The third-order valence-corrected chi connectivity index (χ3v) is 1.90. The van der Waals surface area contributed by atoms with Crippen molar-refractivity contribution in [1.82, 2.24) is 0 Å². The molecule has 0 saturated heterocycles. The van der Waals surface area contributed by atoms with Gasteiger partial charge in [0.2, 0.25) is 0 Å². The highest BCUT2D eigenvalue weighted by molar-refractivity contribution is 6.32. The fourth-order valence-corrected chi connectivity index (χ4v) is 1.19. The largest absolute Gasteiger partial charge is 0.482 e. The molecule has 76 valence electrons. The van der Waals surface area contributed by atoms with Gasteiger partial charge in [0.25, 0.3) is 5.91 Å². The van der Waals surface area contributed by atoms with Crippen LogP contribution in [-0.2, 0) is 11.3 Å². The Hall–Kier alpha value is -1.26. The van der Waals surface area contributed by atoms with Gasteiger partial charge in [-0.2, -0.15) is 0 Å². The van der Waals surface area contributed by atoms with Crippen molar-refractivity contribution in [2.45, 2.75) is 6.54 Å². The Bertz CT molecular complexity index is 342. The SMILES string of the molecule is NCc1ccc(OCC(N)=O)c(Cl)c1. The van der Waals surface area contributed by atoms with Gasteiger partial charge in [0.1, 0.15) is 5.75 Å². The van der Waals surface area contributed by atoms with Crippen molar-refractivity contribution in [2.75, 3.05) is 6.61 Å². The van der Waals surface area contributed by atoms with Crippen molar-refractivity contribution in [3.63, 3.8) is 0 Å². The molecule has 1 aromatic rings. The molecule has 1 rings (SSSR count). The van der Waals surface area contributed by atoms with Crippen molar-refractivity contribution >= 4 is 17.5 Å². The standard InChI is InChI=1S/C9H11ClN2O2/c10-7-3-6(4-11)1-2-8(7)14-5-9(12)13/h1-3H,4-5,11H2,(H2,12,13). The molecule has 0 heterocycles. The monoisotopic (exact) mass is 214 g/mol. The lowest BCUT2D eigenvalue weighted by atomic mass is 10.2. The van der Waals surface area contributed by atoms with Gasteiger partial charge in [-0.25, -0.2) is 0 Å². The molecule has 0 aliphatic heterocycles. The van der Waals surface area contributed by atoms with Gasteiger partial charge in [0.05, 0.1) is 5.02 Å². The predicted molar refractivity (Wildman–Crippen MR) is 54.0 cm³/mol. The normalized spacial score (nSPS) is 9.86. The number of hydrogen-bond acceptors (Lipinski definition) is 3. The first-order chi connectivity index (χ1) is 6.63. The first-order valence-corrected chi connectivity index (χ1v) is 4.41. The van der Waals surface area contributed by atoms with E-state index >= 15 is 0 Å². The van der Waals surface area contributed by atoms with Crippen LogP contribution >= 0.6 is 11.6 Å². The number of amides is 1. The third-order valence-electron chi connectivity index (χ3n) is 1.60. The molecule has 0 aliphatic rings. The molecule has 0 spiro atoms. The fourth-order valence-electron chi connectivity index (χ4n) is 0.937. The second-order valence-corrected chi connectivity index (χ2v) is 3.13. The molecular weight excluding hydrogens is 204 g/mol. The summed E-state index contributed by atoms with van der Waals surface area (Å²) in [6.45, 7) is 0.234. The number of halogens is 1. The number of rotatable bonds is 4. The second kappa shape index (κ2) is 4.83. The lowest BCUT2D eigenvalue weighted by Crippen LogP contribution is -2.20. The summed E-state index contributed by atoms with van der Waals surface area (Å²) in [4.78, 5) is 10.4. The number of ether oxygens (including phenoxy) is 1. The Kier molecular flexibility index (Phi) is 3.73. The highest BCUT2D eigenvalue weighted by Gasteiger charge is 2.03. The molecule has 4 N–H and O–H groups in total. The number of primary amides is 1. The quantitative estimate of drug-likeness (QED) is 0.773. The Balaban J connectivity index is 2.73. The Morgan fingerprint density at radius 2 is 2.21 bits per heavy atom. The van der Waals surface area contributed by atoms with Crippen LogP contribution in [0.15, 0.2) is 18.2 Å². The molecule has 0 unspecified atom stereocenters. The molecule has 4 nitrogen and oxygen atoms in total. The molecule has 0 aromatic heterocycles. The zero-order chi connectivity index (χ0) is 10.6. The average molecular weight is 215 g/mol. The summed E-state index contributed by atoms with van der Waals surface area (Å²) in [5, 5.41) is 0.425. The van der Waals surface area contributed by atoms with E-state index in [2.05, 4.69) is 0 Å². The van der Waals surface area contributed by atoms with Gasteiger partial charge in [-0.05, 0) is 17.7 Å². The minimum Gasteiger partial charge on any atom is -0.482 e. The van der Waals surface area contributed by atoms with Gasteiger partial charge in [0, 0.05) is 6.54 Å². The van der Waals surface area contributed by atoms with Crippen LogP contribution in [-0.4, -0.2) is 12.5 Å². The summed E-state index contributed by atoms with van der Waals surface area (Å²) in [6, 6.07) is 5.13. The molecule has 0 bridgehead atoms. The number of benzene rings is 1. The molecule has 0 aliphatic carbocycles. The van der Waals surface area contributed by atoms with E-state index in [0.717, 1.165) is 5.56 Å². The lowest BCUT2D eigenvalue weighted by molar-refractivity contribution is -0.119. The molecule has 14 heavy (non-hydrogen) atoms. The number of carbonyl (C=O) groups is 1. The first-order valence-electron chi connectivity index (χ1n) is 4.03. The number of hydrogen-bond donors (Lipinski definition) is 2. The van der Waals surface area contributed by atoms with Crippen LogP contribution in [0, 0.1) is 0 Å². The van der Waals surface area contributed by atoms with Crippen LogP contribution in [0.2, 0.25) is 5.02 Å². The van der Waals surface area contributed by atoms with Gasteiger partial charge < -0.3 is 16.2 Å². The van der Waals surface area contributed by atoms with Gasteiger partial charge in [-0.15, -0.1) is 0 Å². The van der Waals surface area contributed by atoms with Crippen molar-refractivity contribution in [1.29, 1.82) is 0 Å². The van der Waals surface area contributed by atoms with Gasteiger partial charge >= 0.3 is 0 Å². The smallest absolute Gasteiger partial charge is 0.255 e. The van der Waals surface area contributed by atoms with Crippen LogP contribution in [0.25, 0.3) is 0 Å². The van der Waals surface area contributed by atoms with E-state index in [4.69, 9.17) is 27.8 Å². The van der Waals surface area contributed by atoms with Gasteiger partial charge in [0.15, 0.2) is 6.61 Å². The van der Waals surface area contributed by atoms with E-state index in [1.54, 1.807) is 18.2 Å². The van der Waals surface area contributed by atoms with Crippen molar-refractivity contribution < 1.29 is 9.53 Å². The minimum atomic E-state index is -0.538. The van der Waals surface area contributed by atoms with Crippen LogP contribution in [0.1, 0.15) is 5.56 Å². The summed E-state index contributed by atoms with van der Waals surface area (Å²) >= 11 is 5.86. The number of carbonyl (C=O) groups excluding carboxylic acids is 1. The Morgan fingerprint density at radius 1 is 1.50 bits per heavy atom. The molecule has 1 amide bonds. The van der Waals surface area contributed by atoms with Crippen LogP contribution in [0.4, 0.5) is 0 Å². The van der Waals surface area contributed by atoms with Crippen LogP contribution in [0.3, 0.4) is 0 Å². The van der Waals surface area contributed by atoms with E-state index in [1.165, 1.54) is 0 Å². The number of nitrogens with two attached hydrogens (primary N) is 2. The zero-order valence-electron chi connectivity index (χ0n) is 7.50. The van der Waals surface area contributed by atoms with Gasteiger partial charge in [-0.1, -0.05) is 17.7 Å². The second-order valence-electron chi connectivity index (χ2n) is 2.72. The predicted octanol–water partition coefficient (Wildman–Crippen LogP) is 0.663. The van der Waals surface area contributed by atoms with Crippen LogP contribution < -0.4 is 16.2 Å². The zero-order valence-corrected chi connectivity index (χ0v) is 8.25. The molecule has 0 saturated carbocycles. The highest BCUT2D eigenvalue weighted by Crippen LogP contribution is 2.25. The fraction of sp³-hybridized carbons (Fsp3) is 0.222. The van der Waals surface area contributed by atoms with E-state index in [-0.39, 0.29) is 6.61 Å².